The molecule has 0 nitrogen and oxygen atoms in total. The molecule has 0 unspecified atom stereocenters. The van der Waals surface area contributed by atoms with Crippen LogP contribution in [0.1, 0.15) is 37.2 Å². The molecule has 0 aliphatic heterocycles. The first kappa shape index (κ1) is 8.96. The van der Waals surface area contributed by atoms with Crippen LogP contribution < -0.4 is 0 Å². The minimum Gasteiger partial charge on any atom is -0.0576 e. The highest BCUT2D eigenvalue weighted by atomic mass is 79.9. The van der Waals surface area contributed by atoms with E-state index in [9.17, 15) is 0 Å². The van der Waals surface area contributed by atoms with Crippen LogP contribution in [0.25, 0.3) is 0 Å². The average molecular weight is 251 g/mol. The van der Waals surface area contributed by atoms with Crippen molar-refractivity contribution in [1.29, 1.82) is 0 Å². The normalized spacial score (nSPS) is 21.6. The summed E-state index contributed by atoms with van der Waals surface area (Å²) in [7, 11) is 0. The monoisotopic (exact) mass is 250 g/mol. The lowest BCUT2D eigenvalue weighted by Gasteiger charge is -2.15. The van der Waals surface area contributed by atoms with E-state index < -0.39 is 0 Å². The zero-order chi connectivity index (χ0) is 9.54. The minimum atomic E-state index is 0.892. The molecule has 2 fully saturated rings. The topological polar surface area (TPSA) is 0 Å². The molecule has 0 amide bonds. The number of hydrogen-bond acceptors (Lipinski definition) is 0. The summed E-state index contributed by atoms with van der Waals surface area (Å²) in [6.07, 6.45) is 5.88. The Morgan fingerprint density at radius 3 is 1.86 bits per heavy atom. The number of benzene rings is 1. The standard InChI is InChI=1S/C13H15Br/c14-12-7-5-11(6-8-12)13(9-1-2-9)10-3-4-10/h5-10,13H,1-4H2. The van der Waals surface area contributed by atoms with Crippen molar-refractivity contribution in [2.24, 2.45) is 11.8 Å². The van der Waals surface area contributed by atoms with Crippen molar-refractivity contribution in [1.82, 2.24) is 0 Å². The van der Waals surface area contributed by atoms with Crippen LogP contribution in [0.5, 0.6) is 0 Å². The molecule has 0 heterocycles. The molecule has 1 aromatic rings. The Balaban J connectivity index is 1.86. The molecule has 0 N–H and O–H groups in total. The Morgan fingerprint density at radius 1 is 0.929 bits per heavy atom. The lowest BCUT2D eigenvalue weighted by atomic mass is 9.90. The molecule has 74 valence electrons. The Kier molecular flexibility index (Phi) is 2.16. The third-order valence-corrected chi connectivity index (χ3v) is 4.04. The maximum Gasteiger partial charge on any atom is 0.0175 e. The van der Waals surface area contributed by atoms with Crippen LogP contribution in [-0.4, -0.2) is 0 Å². The maximum absolute atomic E-state index is 3.50. The first-order valence-corrected chi connectivity index (χ1v) is 6.39. The van der Waals surface area contributed by atoms with Crippen LogP contribution in [0.2, 0.25) is 0 Å². The molecule has 1 heteroatoms. The second-order valence-corrected chi connectivity index (χ2v) is 5.67. The number of rotatable bonds is 3. The summed E-state index contributed by atoms with van der Waals surface area (Å²) in [5, 5.41) is 0. The minimum absolute atomic E-state index is 0.892. The molecule has 3 rings (SSSR count). The summed E-state index contributed by atoms with van der Waals surface area (Å²) in [6.45, 7) is 0. The molecular formula is C13H15Br. The fourth-order valence-corrected chi connectivity index (χ4v) is 2.79. The van der Waals surface area contributed by atoms with Gasteiger partial charge in [-0.25, -0.2) is 0 Å². The number of halogens is 1. The highest BCUT2D eigenvalue weighted by Crippen LogP contribution is 2.54. The van der Waals surface area contributed by atoms with Crippen molar-refractivity contribution in [3.63, 3.8) is 0 Å². The van der Waals surface area contributed by atoms with Gasteiger partial charge < -0.3 is 0 Å². The highest BCUT2D eigenvalue weighted by Gasteiger charge is 2.41. The molecule has 0 bridgehead atoms. The van der Waals surface area contributed by atoms with E-state index in [2.05, 4.69) is 40.2 Å². The highest BCUT2D eigenvalue weighted by molar-refractivity contribution is 9.10. The van der Waals surface area contributed by atoms with Gasteiger partial charge in [-0.2, -0.15) is 0 Å². The van der Waals surface area contributed by atoms with E-state index in [1.807, 2.05) is 0 Å². The summed E-state index contributed by atoms with van der Waals surface area (Å²) >= 11 is 3.50. The Hall–Kier alpha value is -0.300. The van der Waals surface area contributed by atoms with E-state index >= 15 is 0 Å². The number of hydrogen-bond donors (Lipinski definition) is 0. The van der Waals surface area contributed by atoms with E-state index in [-0.39, 0.29) is 0 Å². The molecule has 0 saturated heterocycles. The van der Waals surface area contributed by atoms with E-state index in [4.69, 9.17) is 0 Å². The van der Waals surface area contributed by atoms with Crippen molar-refractivity contribution < 1.29 is 0 Å². The predicted octanol–water partition coefficient (Wildman–Crippen LogP) is 4.35. The second kappa shape index (κ2) is 3.37. The SMILES string of the molecule is Brc1ccc(C(C2CC2)C2CC2)cc1. The molecule has 2 aliphatic carbocycles. The van der Waals surface area contributed by atoms with Gasteiger partial charge in [-0.15, -0.1) is 0 Å². The molecule has 0 aromatic heterocycles. The quantitative estimate of drug-likeness (QED) is 0.749. The fourth-order valence-electron chi connectivity index (χ4n) is 2.52. The summed E-state index contributed by atoms with van der Waals surface area (Å²) in [6, 6.07) is 9.00. The molecule has 2 aliphatic rings. The summed E-state index contributed by atoms with van der Waals surface area (Å²) in [5.41, 5.74) is 1.58. The van der Waals surface area contributed by atoms with E-state index in [0.717, 1.165) is 17.8 Å². The average Bonchev–Trinajstić information content (AvgIpc) is 3.00. The first-order valence-electron chi connectivity index (χ1n) is 5.60. The van der Waals surface area contributed by atoms with Gasteiger partial charge in [-0.1, -0.05) is 28.1 Å². The van der Waals surface area contributed by atoms with Gasteiger partial charge >= 0.3 is 0 Å². The van der Waals surface area contributed by atoms with Crippen LogP contribution in [0, 0.1) is 11.8 Å². The van der Waals surface area contributed by atoms with Gasteiger partial charge in [0.05, 0.1) is 0 Å². The maximum atomic E-state index is 3.50. The fraction of sp³-hybridized carbons (Fsp3) is 0.538. The zero-order valence-corrected chi connectivity index (χ0v) is 9.83. The molecule has 14 heavy (non-hydrogen) atoms. The van der Waals surface area contributed by atoms with Crippen molar-refractivity contribution in [3.05, 3.63) is 34.3 Å². The second-order valence-electron chi connectivity index (χ2n) is 4.75. The largest absolute Gasteiger partial charge is 0.0576 e. The molecule has 2 saturated carbocycles. The zero-order valence-electron chi connectivity index (χ0n) is 8.25. The smallest absolute Gasteiger partial charge is 0.0175 e. The molecule has 1 aromatic carbocycles. The molecule has 0 spiro atoms. The lowest BCUT2D eigenvalue weighted by molar-refractivity contribution is 0.538. The van der Waals surface area contributed by atoms with Gasteiger partial charge in [-0.05, 0) is 61.1 Å². The predicted molar refractivity (Wildman–Crippen MR) is 62.3 cm³/mol. The van der Waals surface area contributed by atoms with Crippen molar-refractivity contribution in [2.75, 3.05) is 0 Å². The summed E-state index contributed by atoms with van der Waals surface area (Å²) in [4.78, 5) is 0. The van der Waals surface area contributed by atoms with Gasteiger partial charge in [0.2, 0.25) is 0 Å². The van der Waals surface area contributed by atoms with Crippen LogP contribution in [-0.2, 0) is 0 Å². The van der Waals surface area contributed by atoms with Crippen LogP contribution in [0.4, 0.5) is 0 Å². The Bertz CT molecular complexity index is 308. The van der Waals surface area contributed by atoms with Gasteiger partial charge in [-0.3, -0.25) is 0 Å². The molecule has 0 radical (unpaired) electrons. The van der Waals surface area contributed by atoms with Crippen molar-refractivity contribution in [2.45, 2.75) is 31.6 Å². The first-order chi connectivity index (χ1) is 6.84. The lowest BCUT2D eigenvalue weighted by Crippen LogP contribution is -2.03. The van der Waals surface area contributed by atoms with Gasteiger partial charge in [0.15, 0.2) is 0 Å². The third-order valence-electron chi connectivity index (χ3n) is 3.51. The van der Waals surface area contributed by atoms with E-state index in [1.165, 1.54) is 30.2 Å². The van der Waals surface area contributed by atoms with Gasteiger partial charge in [0.25, 0.3) is 0 Å². The summed E-state index contributed by atoms with van der Waals surface area (Å²) in [5.74, 6) is 2.93. The Morgan fingerprint density at radius 2 is 1.43 bits per heavy atom. The Labute approximate surface area is 93.8 Å². The van der Waals surface area contributed by atoms with Crippen LogP contribution in [0.3, 0.4) is 0 Å². The van der Waals surface area contributed by atoms with E-state index in [1.54, 1.807) is 5.56 Å². The van der Waals surface area contributed by atoms with E-state index in [0.29, 0.717) is 0 Å². The summed E-state index contributed by atoms with van der Waals surface area (Å²) < 4.78 is 1.20. The van der Waals surface area contributed by atoms with Crippen LogP contribution in [0.15, 0.2) is 28.7 Å². The molecule has 0 atom stereocenters. The van der Waals surface area contributed by atoms with Crippen molar-refractivity contribution in [3.8, 4) is 0 Å². The van der Waals surface area contributed by atoms with Gasteiger partial charge in [0.1, 0.15) is 0 Å². The van der Waals surface area contributed by atoms with Gasteiger partial charge in [0, 0.05) is 4.47 Å². The van der Waals surface area contributed by atoms with Crippen LogP contribution >= 0.6 is 15.9 Å². The third kappa shape index (κ3) is 1.75. The molecular weight excluding hydrogens is 236 g/mol. The van der Waals surface area contributed by atoms with Crippen molar-refractivity contribution >= 4 is 15.9 Å².